The highest BCUT2D eigenvalue weighted by atomic mass is 15.0. The van der Waals surface area contributed by atoms with E-state index in [4.69, 9.17) is 28.0 Å². The molecule has 0 aliphatic heterocycles. The molecule has 0 unspecified atom stereocenters. The lowest BCUT2D eigenvalue weighted by atomic mass is 10.3. The summed E-state index contributed by atoms with van der Waals surface area (Å²) in [4.78, 5) is 7.36. The minimum absolute atomic E-state index is 0.0575. The summed E-state index contributed by atoms with van der Waals surface area (Å²) < 4.78 is 0. The maximum atomic E-state index is 7.09. The minimum atomic E-state index is -0.239. The molecule has 1 rings (SSSR count). The summed E-state index contributed by atoms with van der Waals surface area (Å²) in [5.74, 6) is -0.536. The Morgan fingerprint density at radius 3 is 1.77 bits per heavy atom. The van der Waals surface area contributed by atoms with Crippen molar-refractivity contribution in [3.05, 3.63) is 17.5 Å². The van der Waals surface area contributed by atoms with E-state index in [1.165, 1.54) is 6.07 Å². The fourth-order valence-corrected chi connectivity index (χ4v) is 0.742. The Labute approximate surface area is 74.0 Å². The van der Waals surface area contributed by atoms with Gasteiger partial charge in [0.25, 0.3) is 0 Å². The molecule has 0 aromatic carbocycles. The molecule has 0 radical (unpaired) electrons. The van der Waals surface area contributed by atoms with Gasteiger partial charge in [-0.3, -0.25) is 10.8 Å². The molecule has 0 bridgehead atoms. The summed E-state index contributed by atoms with van der Waals surface area (Å²) in [5.41, 5.74) is 16.0. The predicted octanol–water partition coefficient (Wildman–Crippen LogP) is -1.37. The van der Waals surface area contributed by atoms with Gasteiger partial charge in [-0.25, -0.2) is 9.97 Å². The zero-order valence-electron chi connectivity index (χ0n) is 6.70. The second-order valence-corrected chi connectivity index (χ2v) is 2.32. The Morgan fingerprint density at radius 2 is 1.46 bits per heavy atom. The van der Waals surface area contributed by atoms with Crippen LogP contribution in [-0.4, -0.2) is 21.6 Å². The summed E-state index contributed by atoms with van der Waals surface area (Å²) in [6.07, 6.45) is 0. The van der Waals surface area contributed by atoms with E-state index in [1.54, 1.807) is 0 Å². The molecule has 7 heteroatoms. The molecule has 0 amide bonds. The third-order valence-corrected chi connectivity index (χ3v) is 1.30. The molecule has 68 valence electrons. The molecule has 0 saturated heterocycles. The minimum Gasteiger partial charge on any atom is -0.382 e. The molecule has 8 N–H and O–H groups in total. The predicted molar refractivity (Wildman–Crippen MR) is 48.5 cm³/mol. The van der Waals surface area contributed by atoms with E-state index in [1.807, 2.05) is 0 Å². The summed E-state index contributed by atoms with van der Waals surface area (Å²) in [6, 6.07) is 1.33. The van der Waals surface area contributed by atoms with Gasteiger partial charge in [-0.2, -0.15) is 0 Å². The molecule has 1 aromatic rings. The second kappa shape index (κ2) is 3.05. The number of hydrogen-bond acceptors (Lipinski definition) is 5. The third kappa shape index (κ3) is 1.89. The molecule has 7 nitrogen and oxygen atoms in total. The van der Waals surface area contributed by atoms with Crippen LogP contribution in [0.1, 0.15) is 11.4 Å². The number of rotatable bonds is 2. The maximum Gasteiger partial charge on any atom is 0.221 e. The molecule has 0 fully saturated rings. The fourth-order valence-electron chi connectivity index (χ4n) is 0.742. The summed E-state index contributed by atoms with van der Waals surface area (Å²) in [5, 5.41) is 14.2. The summed E-state index contributed by atoms with van der Waals surface area (Å²) in [6.45, 7) is 0. The van der Waals surface area contributed by atoms with Crippen LogP contribution in [0.3, 0.4) is 0 Å². The Kier molecular flexibility index (Phi) is 2.09. The van der Waals surface area contributed by atoms with Gasteiger partial charge in [-0.15, -0.1) is 0 Å². The van der Waals surface area contributed by atoms with Crippen molar-refractivity contribution in [2.75, 3.05) is 5.73 Å². The van der Waals surface area contributed by atoms with Crippen LogP contribution in [0.5, 0.6) is 0 Å². The number of aromatic nitrogens is 2. The van der Waals surface area contributed by atoms with Crippen molar-refractivity contribution < 1.29 is 0 Å². The van der Waals surface area contributed by atoms with Crippen molar-refractivity contribution in [3.63, 3.8) is 0 Å². The highest BCUT2D eigenvalue weighted by molar-refractivity contribution is 5.98. The number of amidine groups is 2. The topological polar surface area (TPSA) is 152 Å². The molecule has 0 spiro atoms. The molecule has 0 aliphatic rings. The normalized spacial score (nSPS) is 9.54. The highest BCUT2D eigenvalue weighted by Gasteiger charge is 2.06. The highest BCUT2D eigenvalue weighted by Crippen LogP contribution is 2.01. The molecule has 0 saturated carbocycles. The second-order valence-electron chi connectivity index (χ2n) is 2.32. The zero-order chi connectivity index (χ0) is 10.0. The van der Waals surface area contributed by atoms with E-state index in [0.29, 0.717) is 0 Å². The van der Waals surface area contributed by atoms with Crippen LogP contribution in [-0.2, 0) is 0 Å². The summed E-state index contributed by atoms with van der Waals surface area (Å²) in [7, 11) is 0. The summed E-state index contributed by atoms with van der Waals surface area (Å²) >= 11 is 0. The number of nitrogen functional groups attached to an aromatic ring is 3. The lowest BCUT2D eigenvalue weighted by molar-refractivity contribution is 1.13. The monoisotopic (exact) mass is 179 g/mol. The van der Waals surface area contributed by atoms with Gasteiger partial charge >= 0.3 is 0 Å². The van der Waals surface area contributed by atoms with Crippen LogP contribution in [0, 0.1) is 10.8 Å². The van der Waals surface area contributed by atoms with E-state index in [-0.39, 0.29) is 29.0 Å². The quantitative estimate of drug-likeness (QED) is 0.280. The molecule has 1 heterocycles. The van der Waals surface area contributed by atoms with Crippen molar-refractivity contribution in [2.45, 2.75) is 0 Å². The maximum absolute atomic E-state index is 7.09. The number of nitrogens with zero attached hydrogens (tertiary/aromatic N) is 2. The first-order valence-electron chi connectivity index (χ1n) is 3.34. The van der Waals surface area contributed by atoms with Crippen LogP contribution >= 0.6 is 0 Å². The first-order valence-corrected chi connectivity index (χ1v) is 3.34. The lowest BCUT2D eigenvalue weighted by Crippen LogP contribution is -2.20. The zero-order valence-corrected chi connectivity index (χ0v) is 6.70. The number of anilines is 1. The first kappa shape index (κ1) is 8.91. The van der Waals surface area contributed by atoms with E-state index in [2.05, 4.69) is 9.97 Å². The Morgan fingerprint density at radius 1 is 1.08 bits per heavy atom. The number of nitrogens with one attached hydrogen (secondary N) is 2. The van der Waals surface area contributed by atoms with E-state index in [0.717, 1.165) is 0 Å². The molecular formula is C6H9N7. The van der Waals surface area contributed by atoms with E-state index < -0.39 is 0 Å². The SMILES string of the molecule is N=C(N)c1cc(C(=N)N)nc(N)n1. The van der Waals surface area contributed by atoms with Gasteiger partial charge in [-0.05, 0) is 6.07 Å². The smallest absolute Gasteiger partial charge is 0.221 e. The standard InChI is InChI=1S/C6H9N7/c7-4(8)2-1-3(5(9)10)13-6(11)12-2/h1H,(H3,7,8)(H3,9,10)(H2,11,12,13). The molecule has 1 aromatic heterocycles. The van der Waals surface area contributed by atoms with Crippen molar-refractivity contribution in [2.24, 2.45) is 11.5 Å². The van der Waals surface area contributed by atoms with E-state index >= 15 is 0 Å². The number of hydrogen-bond donors (Lipinski definition) is 5. The average molecular weight is 179 g/mol. The van der Waals surface area contributed by atoms with Crippen LogP contribution < -0.4 is 17.2 Å². The van der Waals surface area contributed by atoms with Gasteiger partial charge in [0.1, 0.15) is 23.1 Å². The van der Waals surface area contributed by atoms with Gasteiger partial charge in [0, 0.05) is 0 Å². The van der Waals surface area contributed by atoms with Crippen molar-refractivity contribution in [1.29, 1.82) is 10.8 Å². The van der Waals surface area contributed by atoms with Crippen molar-refractivity contribution >= 4 is 17.6 Å². The fraction of sp³-hybridized carbons (Fsp3) is 0. The molecule has 13 heavy (non-hydrogen) atoms. The molecular weight excluding hydrogens is 170 g/mol. The largest absolute Gasteiger partial charge is 0.382 e. The van der Waals surface area contributed by atoms with Crippen molar-refractivity contribution in [1.82, 2.24) is 9.97 Å². The van der Waals surface area contributed by atoms with Gasteiger partial charge in [0.2, 0.25) is 5.95 Å². The van der Waals surface area contributed by atoms with Crippen molar-refractivity contribution in [3.8, 4) is 0 Å². The van der Waals surface area contributed by atoms with Crippen LogP contribution in [0.4, 0.5) is 5.95 Å². The Hall–Kier alpha value is -2.18. The van der Waals surface area contributed by atoms with Gasteiger partial charge < -0.3 is 17.2 Å². The van der Waals surface area contributed by atoms with E-state index in [9.17, 15) is 0 Å². The van der Waals surface area contributed by atoms with Crippen LogP contribution in [0.2, 0.25) is 0 Å². The first-order chi connectivity index (χ1) is 6.00. The Bertz CT molecular complexity index is 337. The number of nitrogens with two attached hydrogens (primary N) is 3. The van der Waals surface area contributed by atoms with Crippen LogP contribution in [0.15, 0.2) is 6.07 Å². The average Bonchev–Trinajstić information content (AvgIpc) is 2.03. The third-order valence-electron chi connectivity index (χ3n) is 1.30. The van der Waals surface area contributed by atoms with Gasteiger partial charge in [-0.1, -0.05) is 0 Å². The molecule has 0 atom stereocenters. The van der Waals surface area contributed by atoms with Gasteiger partial charge in [0.05, 0.1) is 0 Å². The lowest BCUT2D eigenvalue weighted by Gasteiger charge is -2.02. The van der Waals surface area contributed by atoms with Crippen LogP contribution in [0.25, 0.3) is 0 Å². The molecule has 0 aliphatic carbocycles. The Balaban J connectivity index is 3.26. The van der Waals surface area contributed by atoms with Gasteiger partial charge in [0.15, 0.2) is 0 Å².